The minimum Gasteiger partial charge on any atom is -0.480 e. The van der Waals surface area contributed by atoms with Crippen LogP contribution in [0, 0.1) is 0 Å². The number of carbonyl (C=O) groups excluding carboxylic acids is 1. The number of carbonyl (C=O) groups is 1. The van der Waals surface area contributed by atoms with Gasteiger partial charge in [-0.2, -0.15) is 0 Å². The molecule has 2 fully saturated rings. The number of aromatic nitrogens is 4. The molecule has 0 bridgehead atoms. The van der Waals surface area contributed by atoms with E-state index >= 15 is 0 Å². The van der Waals surface area contributed by atoms with E-state index in [0.717, 1.165) is 30.5 Å². The number of rotatable bonds is 11. The highest BCUT2D eigenvalue weighted by atomic mass is 35.5. The van der Waals surface area contributed by atoms with Gasteiger partial charge >= 0.3 is 0 Å². The third kappa shape index (κ3) is 6.93. The monoisotopic (exact) mass is 663 g/mol. The first kappa shape index (κ1) is 32.1. The summed E-state index contributed by atoms with van der Waals surface area (Å²) in [4.78, 5) is 32.3. The first-order valence-electron chi connectivity index (χ1n) is 15.1. The number of nitrogens with zero attached hydrogens (tertiary/aromatic N) is 5. The molecular weight excluding hydrogens is 629 g/mol. The second kappa shape index (κ2) is 14.3. The van der Waals surface area contributed by atoms with Crippen LogP contribution in [-0.4, -0.2) is 81.8 Å². The number of likely N-dealkylation sites (tertiary alicyclic amines) is 1. The summed E-state index contributed by atoms with van der Waals surface area (Å²) in [6.45, 7) is 3.01. The quantitative estimate of drug-likeness (QED) is 0.210. The van der Waals surface area contributed by atoms with Gasteiger partial charge in [-0.1, -0.05) is 59.6 Å². The highest BCUT2D eigenvalue weighted by Crippen LogP contribution is 2.42. The zero-order chi connectivity index (χ0) is 32.2. The van der Waals surface area contributed by atoms with Gasteiger partial charge in [0.05, 0.1) is 54.2 Å². The van der Waals surface area contributed by atoms with Crippen LogP contribution in [0.2, 0.25) is 10.0 Å². The lowest BCUT2D eigenvalue weighted by Crippen LogP contribution is -2.35. The van der Waals surface area contributed by atoms with E-state index in [-0.39, 0.29) is 18.1 Å². The van der Waals surface area contributed by atoms with Gasteiger partial charge in [-0.25, -0.2) is 9.97 Å². The predicted octanol–water partition coefficient (Wildman–Crippen LogP) is 4.53. The molecule has 6 rings (SSSR count). The fourth-order valence-corrected chi connectivity index (χ4v) is 6.50. The van der Waals surface area contributed by atoms with Crippen LogP contribution in [0.1, 0.15) is 30.7 Å². The highest BCUT2D eigenvalue weighted by molar-refractivity contribution is 6.39. The van der Waals surface area contributed by atoms with Crippen molar-refractivity contribution in [1.82, 2.24) is 35.5 Å². The van der Waals surface area contributed by atoms with Crippen molar-refractivity contribution in [2.75, 3.05) is 33.9 Å². The van der Waals surface area contributed by atoms with E-state index in [1.165, 1.54) is 0 Å². The molecule has 2 aromatic carbocycles. The van der Waals surface area contributed by atoms with Gasteiger partial charge in [0.2, 0.25) is 17.7 Å². The van der Waals surface area contributed by atoms with E-state index in [9.17, 15) is 9.90 Å². The Kier molecular flexibility index (Phi) is 9.95. The molecule has 0 aliphatic carbocycles. The fourth-order valence-electron chi connectivity index (χ4n) is 5.85. The second-order valence-corrected chi connectivity index (χ2v) is 12.1. The molecule has 13 heteroatoms. The molecule has 240 valence electrons. The number of β-amino-alcohol motifs (C(OH)–C–C–N with tert-alkyl or cyclic N) is 1. The van der Waals surface area contributed by atoms with E-state index in [2.05, 4.69) is 25.5 Å². The van der Waals surface area contributed by atoms with Gasteiger partial charge in [-0.15, -0.1) is 0 Å². The smallest absolute Gasteiger partial charge is 0.237 e. The van der Waals surface area contributed by atoms with Gasteiger partial charge in [-0.3, -0.25) is 19.7 Å². The lowest BCUT2D eigenvalue weighted by atomic mass is 9.98. The van der Waals surface area contributed by atoms with E-state index in [1.54, 1.807) is 26.6 Å². The Hall–Kier alpha value is -3.87. The first-order chi connectivity index (χ1) is 22.3. The van der Waals surface area contributed by atoms with E-state index < -0.39 is 0 Å². The van der Waals surface area contributed by atoms with E-state index in [4.69, 9.17) is 42.6 Å². The summed E-state index contributed by atoms with van der Waals surface area (Å²) in [5, 5.41) is 17.1. The molecule has 11 nitrogen and oxygen atoms in total. The van der Waals surface area contributed by atoms with Gasteiger partial charge in [-0.05, 0) is 12.8 Å². The number of methoxy groups -OCH3 is 2. The number of hydrogen-bond donors (Lipinski definition) is 3. The number of nitrogens with one attached hydrogen (secondary N) is 2. The Balaban J connectivity index is 1.24. The van der Waals surface area contributed by atoms with Crippen molar-refractivity contribution in [1.29, 1.82) is 0 Å². The van der Waals surface area contributed by atoms with Crippen molar-refractivity contribution in [2.24, 2.45) is 0 Å². The predicted molar refractivity (Wildman–Crippen MR) is 176 cm³/mol. The van der Waals surface area contributed by atoms with Gasteiger partial charge in [0.1, 0.15) is 11.4 Å². The van der Waals surface area contributed by atoms with Crippen LogP contribution in [0.15, 0.2) is 48.8 Å². The molecule has 2 aromatic heterocycles. The highest BCUT2D eigenvalue weighted by Gasteiger charge is 2.24. The summed E-state index contributed by atoms with van der Waals surface area (Å²) in [6, 6.07) is 11.5. The van der Waals surface area contributed by atoms with Crippen LogP contribution in [-0.2, 0) is 17.9 Å². The largest absolute Gasteiger partial charge is 0.480 e. The maximum atomic E-state index is 11.5. The molecule has 4 heterocycles. The number of benzene rings is 2. The second-order valence-electron chi connectivity index (χ2n) is 11.4. The molecule has 0 radical (unpaired) electrons. The molecule has 4 aromatic rings. The Morgan fingerprint density at radius 1 is 0.913 bits per heavy atom. The normalized spacial score (nSPS) is 18.2. The van der Waals surface area contributed by atoms with Crippen molar-refractivity contribution in [3.05, 3.63) is 70.2 Å². The van der Waals surface area contributed by atoms with Crippen molar-refractivity contribution >= 4 is 29.1 Å². The van der Waals surface area contributed by atoms with Crippen molar-refractivity contribution in [2.45, 2.75) is 44.5 Å². The third-order valence-electron chi connectivity index (χ3n) is 8.24. The summed E-state index contributed by atoms with van der Waals surface area (Å²) in [5.41, 5.74) is 5.28. The summed E-state index contributed by atoms with van der Waals surface area (Å²) in [7, 11) is 3.12. The van der Waals surface area contributed by atoms with Crippen molar-refractivity contribution < 1.29 is 19.4 Å². The van der Waals surface area contributed by atoms with Gasteiger partial charge in [0, 0.05) is 67.4 Å². The number of halogens is 2. The number of amides is 1. The lowest BCUT2D eigenvalue weighted by Gasteiger charge is -2.17. The molecule has 0 saturated carbocycles. The summed E-state index contributed by atoms with van der Waals surface area (Å²) in [5.74, 6) is 0.884. The molecule has 2 saturated heterocycles. The zero-order valence-corrected chi connectivity index (χ0v) is 27.1. The van der Waals surface area contributed by atoms with Crippen LogP contribution in [0.4, 0.5) is 0 Å². The standard InChI is InChI=1S/C33H35Cl2N7O4/c1-45-32-27(14-36-13-19-9-10-29(44)39-19)37-15-25(40-32)23-7-3-5-21(30(23)34)22-6-4-8-24(31(22)35)26-16-38-28(33(41-26)46-2)18-42-12-11-20(43)17-42/h3-8,15-16,19-20,36,43H,9-14,17-18H2,1-2H3,(H,39,44). The Labute approximate surface area is 277 Å². The fraction of sp³-hybridized carbons (Fsp3) is 0.364. The Morgan fingerprint density at radius 2 is 1.50 bits per heavy atom. The number of aliphatic hydroxyl groups is 1. The molecule has 2 aliphatic rings. The van der Waals surface area contributed by atoms with Gasteiger partial charge < -0.3 is 25.2 Å². The maximum absolute atomic E-state index is 11.5. The van der Waals surface area contributed by atoms with Gasteiger partial charge in [0.15, 0.2) is 0 Å². The minimum absolute atomic E-state index is 0.0827. The number of ether oxygens (including phenoxy) is 2. The first-order valence-corrected chi connectivity index (χ1v) is 15.9. The molecule has 46 heavy (non-hydrogen) atoms. The minimum atomic E-state index is -0.320. The Morgan fingerprint density at radius 3 is 2.04 bits per heavy atom. The van der Waals surface area contributed by atoms with E-state index in [1.807, 2.05) is 36.4 Å². The molecular formula is C33H35Cl2N7O4. The van der Waals surface area contributed by atoms with Crippen molar-refractivity contribution in [3.63, 3.8) is 0 Å². The van der Waals surface area contributed by atoms with Crippen LogP contribution >= 0.6 is 23.2 Å². The molecule has 2 aliphatic heterocycles. The molecule has 1 amide bonds. The third-order valence-corrected chi connectivity index (χ3v) is 9.05. The average Bonchev–Trinajstić information content (AvgIpc) is 3.68. The number of aliphatic hydroxyl groups excluding tert-OH is 1. The summed E-state index contributed by atoms with van der Waals surface area (Å²) >= 11 is 14.1. The van der Waals surface area contributed by atoms with Crippen LogP contribution in [0.3, 0.4) is 0 Å². The summed E-state index contributed by atoms with van der Waals surface area (Å²) in [6.07, 6.45) is 5.16. The lowest BCUT2D eigenvalue weighted by molar-refractivity contribution is -0.119. The number of hydrogen-bond acceptors (Lipinski definition) is 10. The molecule has 0 spiro atoms. The average molecular weight is 665 g/mol. The van der Waals surface area contributed by atoms with Crippen LogP contribution in [0.25, 0.3) is 33.6 Å². The topological polar surface area (TPSA) is 135 Å². The molecule has 3 N–H and O–H groups in total. The van der Waals surface area contributed by atoms with Gasteiger partial charge in [0.25, 0.3) is 0 Å². The molecule has 2 atom stereocenters. The zero-order valence-electron chi connectivity index (χ0n) is 25.6. The van der Waals surface area contributed by atoms with Crippen LogP contribution < -0.4 is 20.1 Å². The Bertz CT molecular complexity index is 1740. The van der Waals surface area contributed by atoms with Crippen molar-refractivity contribution in [3.8, 4) is 45.4 Å². The molecule has 2 unspecified atom stereocenters. The van der Waals surface area contributed by atoms with Crippen LogP contribution in [0.5, 0.6) is 11.8 Å². The maximum Gasteiger partial charge on any atom is 0.237 e. The summed E-state index contributed by atoms with van der Waals surface area (Å²) < 4.78 is 11.2. The van der Waals surface area contributed by atoms with E-state index in [0.29, 0.717) is 88.3 Å². The SMILES string of the molecule is COc1nc(-c2cccc(-c3cccc(-c4cnc(CN5CCC(O)C5)c(OC)n4)c3Cl)c2Cl)cnc1CNCC1CCC(=O)N1.